The predicted octanol–water partition coefficient (Wildman–Crippen LogP) is 1.75. The molecule has 7 heteroatoms. The van der Waals surface area contributed by atoms with Crippen LogP contribution in [0.4, 0.5) is 0 Å². The summed E-state index contributed by atoms with van der Waals surface area (Å²) in [6, 6.07) is 3.76. The van der Waals surface area contributed by atoms with Gasteiger partial charge in [0.05, 0.1) is 5.69 Å². The van der Waals surface area contributed by atoms with E-state index >= 15 is 0 Å². The van der Waals surface area contributed by atoms with E-state index in [9.17, 15) is 9.59 Å². The normalized spacial score (nSPS) is 21.5. The lowest BCUT2D eigenvalue weighted by molar-refractivity contribution is -0.143. The Morgan fingerprint density at radius 2 is 1.92 bits per heavy atom. The van der Waals surface area contributed by atoms with Crippen LogP contribution in [0.2, 0.25) is 0 Å². The van der Waals surface area contributed by atoms with Crippen LogP contribution in [0, 0.1) is 6.92 Å². The zero-order valence-corrected chi connectivity index (χ0v) is 15.4. The zero-order chi connectivity index (χ0) is 18.3. The molecule has 26 heavy (non-hydrogen) atoms. The van der Waals surface area contributed by atoms with Crippen molar-refractivity contribution in [3.05, 3.63) is 29.7 Å². The molecule has 2 amide bonds. The first-order valence-electron chi connectivity index (χ1n) is 9.42. The van der Waals surface area contributed by atoms with E-state index in [2.05, 4.69) is 10.1 Å². The topological polar surface area (TPSA) is 70.8 Å². The fourth-order valence-corrected chi connectivity index (χ4v) is 4.34. The third kappa shape index (κ3) is 2.95. The minimum atomic E-state index is -0.259. The molecular formula is C19H25N5O2. The molecule has 1 atom stereocenters. The number of aryl methyl sites for hydroxylation is 1. The zero-order valence-electron chi connectivity index (χ0n) is 15.4. The van der Waals surface area contributed by atoms with Crippen molar-refractivity contribution in [1.82, 2.24) is 24.4 Å². The molecule has 0 aliphatic carbocycles. The lowest BCUT2D eigenvalue weighted by Crippen LogP contribution is -2.49. The number of hydrogen-bond acceptors (Lipinski definition) is 4. The summed E-state index contributed by atoms with van der Waals surface area (Å²) in [7, 11) is 0. The van der Waals surface area contributed by atoms with Gasteiger partial charge >= 0.3 is 0 Å². The number of hydrogen-bond donors (Lipinski definition) is 0. The van der Waals surface area contributed by atoms with Gasteiger partial charge < -0.3 is 9.80 Å². The largest absolute Gasteiger partial charge is 0.341 e. The van der Waals surface area contributed by atoms with E-state index in [4.69, 9.17) is 0 Å². The van der Waals surface area contributed by atoms with Crippen LogP contribution in [0.15, 0.2) is 18.3 Å². The first-order chi connectivity index (χ1) is 12.5. The van der Waals surface area contributed by atoms with Crippen molar-refractivity contribution in [2.24, 2.45) is 0 Å². The molecule has 2 aromatic heterocycles. The maximum atomic E-state index is 12.9. The van der Waals surface area contributed by atoms with Crippen LogP contribution < -0.4 is 0 Å². The molecule has 0 bridgehead atoms. The average Bonchev–Trinajstić information content (AvgIpc) is 3.26. The van der Waals surface area contributed by atoms with E-state index < -0.39 is 0 Å². The highest BCUT2D eigenvalue weighted by atomic mass is 16.2. The van der Waals surface area contributed by atoms with Crippen LogP contribution in [0.1, 0.15) is 49.9 Å². The number of likely N-dealkylation sites (tertiary alicyclic amines) is 2. The first-order valence-corrected chi connectivity index (χ1v) is 9.42. The molecule has 0 spiro atoms. The summed E-state index contributed by atoms with van der Waals surface area (Å²) in [6.07, 6.45) is 5.37. The summed E-state index contributed by atoms with van der Waals surface area (Å²) < 4.78 is 1.94. The van der Waals surface area contributed by atoms with Gasteiger partial charge in [0.2, 0.25) is 11.8 Å². The van der Waals surface area contributed by atoms with Gasteiger partial charge in [0.25, 0.3) is 0 Å². The van der Waals surface area contributed by atoms with Crippen molar-refractivity contribution in [2.45, 2.75) is 51.5 Å². The molecule has 0 N–H and O–H groups in total. The highest BCUT2D eigenvalue weighted by molar-refractivity contribution is 5.87. The van der Waals surface area contributed by atoms with Gasteiger partial charge in [0.1, 0.15) is 6.04 Å². The van der Waals surface area contributed by atoms with Crippen LogP contribution in [0.5, 0.6) is 0 Å². The summed E-state index contributed by atoms with van der Waals surface area (Å²) >= 11 is 0. The fraction of sp³-hybridized carbons (Fsp3) is 0.579. The van der Waals surface area contributed by atoms with Gasteiger partial charge in [-0.1, -0.05) is 0 Å². The molecule has 0 unspecified atom stereocenters. The predicted molar refractivity (Wildman–Crippen MR) is 96.7 cm³/mol. The number of carbonyl (C=O) groups is 2. The van der Waals surface area contributed by atoms with Gasteiger partial charge in [-0.2, -0.15) is 5.10 Å². The fourth-order valence-electron chi connectivity index (χ4n) is 4.34. The van der Waals surface area contributed by atoms with Gasteiger partial charge in [0.15, 0.2) is 5.65 Å². The van der Waals surface area contributed by atoms with E-state index in [1.807, 2.05) is 34.7 Å². The van der Waals surface area contributed by atoms with E-state index in [1.165, 1.54) is 5.69 Å². The van der Waals surface area contributed by atoms with Gasteiger partial charge in [-0.3, -0.25) is 9.59 Å². The Kier molecular flexibility index (Phi) is 4.38. The molecule has 138 valence electrons. The van der Waals surface area contributed by atoms with E-state index in [0.717, 1.165) is 50.1 Å². The highest BCUT2D eigenvalue weighted by Gasteiger charge is 2.36. The number of fused-ring (bicyclic) bond motifs is 1. The lowest BCUT2D eigenvalue weighted by atomic mass is 9.92. The van der Waals surface area contributed by atoms with E-state index in [0.29, 0.717) is 12.5 Å². The van der Waals surface area contributed by atoms with Crippen molar-refractivity contribution in [1.29, 1.82) is 0 Å². The van der Waals surface area contributed by atoms with Crippen molar-refractivity contribution < 1.29 is 9.59 Å². The van der Waals surface area contributed by atoms with Crippen LogP contribution in [0.25, 0.3) is 5.65 Å². The van der Waals surface area contributed by atoms with E-state index in [-0.39, 0.29) is 17.9 Å². The first kappa shape index (κ1) is 17.0. The van der Waals surface area contributed by atoms with Crippen LogP contribution in [0.3, 0.4) is 0 Å². The Balaban J connectivity index is 1.45. The maximum absolute atomic E-state index is 12.9. The van der Waals surface area contributed by atoms with Gasteiger partial charge in [-0.05, 0) is 38.7 Å². The van der Waals surface area contributed by atoms with E-state index in [1.54, 1.807) is 11.8 Å². The number of carbonyl (C=O) groups excluding carboxylic acids is 2. The van der Waals surface area contributed by atoms with Crippen LogP contribution >= 0.6 is 0 Å². The summed E-state index contributed by atoms with van der Waals surface area (Å²) in [4.78, 5) is 32.7. The summed E-state index contributed by atoms with van der Waals surface area (Å²) in [5.41, 5.74) is 3.01. The highest BCUT2D eigenvalue weighted by Crippen LogP contribution is 2.29. The van der Waals surface area contributed by atoms with Crippen molar-refractivity contribution >= 4 is 17.5 Å². The smallest absolute Gasteiger partial charge is 0.245 e. The third-order valence-electron chi connectivity index (χ3n) is 5.68. The minimum absolute atomic E-state index is 0.00367. The molecule has 0 saturated carbocycles. The Labute approximate surface area is 153 Å². The Bertz CT molecular complexity index is 838. The molecule has 0 radical (unpaired) electrons. The average molecular weight is 355 g/mol. The Morgan fingerprint density at radius 3 is 2.65 bits per heavy atom. The number of amides is 2. The van der Waals surface area contributed by atoms with Crippen molar-refractivity contribution in [3.63, 3.8) is 0 Å². The second-order valence-corrected chi connectivity index (χ2v) is 7.40. The number of aromatic nitrogens is 3. The van der Waals surface area contributed by atoms with Crippen LogP contribution in [-0.2, 0) is 9.59 Å². The molecular weight excluding hydrogens is 330 g/mol. The molecule has 2 saturated heterocycles. The minimum Gasteiger partial charge on any atom is -0.341 e. The Morgan fingerprint density at radius 1 is 1.15 bits per heavy atom. The summed E-state index contributed by atoms with van der Waals surface area (Å²) in [5, 5.41) is 4.56. The second kappa shape index (κ2) is 6.70. The number of nitrogens with zero attached hydrogens (tertiary/aromatic N) is 5. The van der Waals surface area contributed by atoms with Gasteiger partial charge in [0, 0.05) is 50.4 Å². The molecule has 2 aliphatic heterocycles. The molecule has 2 aliphatic rings. The molecule has 0 aromatic carbocycles. The van der Waals surface area contributed by atoms with Crippen LogP contribution in [-0.4, -0.2) is 61.9 Å². The van der Waals surface area contributed by atoms with Gasteiger partial charge in [-0.25, -0.2) is 9.50 Å². The maximum Gasteiger partial charge on any atom is 0.245 e. The Hall–Kier alpha value is -2.44. The van der Waals surface area contributed by atoms with Crippen molar-refractivity contribution in [2.75, 3.05) is 19.6 Å². The summed E-state index contributed by atoms with van der Waals surface area (Å²) in [5.74, 6) is 0.492. The second-order valence-electron chi connectivity index (χ2n) is 7.40. The van der Waals surface area contributed by atoms with Crippen molar-refractivity contribution in [3.8, 4) is 0 Å². The third-order valence-corrected chi connectivity index (χ3v) is 5.68. The standard InChI is InChI=1S/C19H25N5O2/c1-13-12-18-20-8-5-16(24(18)21-13)15-6-10-22(11-7-15)19(26)17-4-3-9-23(17)14(2)25/h5,8,12,15,17H,3-4,6-7,9-11H2,1-2H3/t17-/m0/s1. The SMILES string of the molecule is CC(=O)N1CCC[C@H]1C(=O)N1CCC(c2ccnc3cc(C)nn23)CC1. The molecule has 7 nitrogen and oxygen atoms in total. The van der Waals surface area contributed by atoms with Gasteiger partial charge in [-0.15, -0.1) is 0 Å². The summed E-state index contributed by atoms with van der Waals surface area (Å²) in [6.45, 7) is 5.70. The lowest BCUT2D eigenvalue weighted by Gasteiger charge is -2.35. The number of piperidine rings is 1. The quantitative estimate of drug-likeness (QED) is 0.823. The molecule has 2 aromatic rings. The molecule has 4 rings (SSSR count). The molecule has 4 heterocycles. The number of rotatable bonds is 2. The monoisotopic (exact) mass is 355 g/mol. The molecule has 2 fully saturated rings.